The van der Waals surface area contributed by atoms with Gasteiger partial charge in [0, 0.05) is 5.57 Å². The number of ether oxygens (including phenoxy) is 1. The van der Waals surface area contributed by atoms with E-state index in [-0.39, 0.29) is 0 Å². The number of benzene rings is 2. The first-order chi connectivity index (χ1) is 10.1. The molecule has 0 unspecified atom stereocenters. The molecule has 2 aromatic rings. The van der Waals surface area contributed by atoms with Crippen molar-refractivity contribution in [3.05, 3.63) is 71.3 Å². The molecule has 108 valence electrons. The van der Waals surface area contributed by atoms with E-state index < -0.39 is 5.91 Å². The molecule has 0 bridgehead atoms. The molecule has 2 aromatic carbocycles. The van der Waals surface area contributed by atoms with Crippen molar-refractivity contribution >= 4 is 11.5 Å². The summed E-state index contributed by atoms with van der Waals surface area (Å²) in [6.07, 6.45) is 1.73. The Labute approximate surface area is 125 Å². The molecule has 2 N–H and O–H groups in total. The molecule has 3 nitrogen and oxygen atoms in total. The highest BCUT2D eigenvalue weighted by atomic mass is 16.5. The number of hydrogen-bond donors (Lipinski definition) is 1. The Morgan fingerprint density at radius 2 is 1.90 bits per heavy atom. The van der Waals surface area contributed by atoms with Gasteiger partial charge in [0.25, 0.3) is 0 Å². The summed E-state index contributed by atoms with van der Waals surface area (Å²) in [6, 6.07) is 15.6. The van der Waals surface area contributed by atoms with Crippen LogP contribution in [0.25, 0.3) is 5.57 Å². The minimum atomic E-state index is -0.430. The molecule has 0 saturated carbocycles. The summed E-state index contributed by atoms with van der Waals surface area (Å²) < 4.78 is 5.78. The lowest BCUT2D eigenvalue weighted by atomic mass is 9.99. The second-order valence-corrected chi connectivity index (χ2v) is 4.82. The van der Waals surface area contributed by atoms with E-state index in [0.717, 1.165) is 22.4 Å². The summed E-state index contributed by atoms with van der Waals surface area (Å²) in [6.45, 7) is 4.24. The number of hydrogen-bond acceptors (Lipinski definition) is 2. The molecule has 1 amide bonds. The SMILES string of the molecule is C/C=C(/C(N)=O)c1cc(OCc2ccccc2)ccc1C. The molecule has 0 aromatic heterocycles. The van der Waals surface area contributed by atoms with E-state index in [2.05, 4.69) is 0 Å². The number of primary amides is 1. The summed E-state index contributed by atoms with van der Waals surface area (Å²) in [5.41, 5.74) is 8.83. The Morgan fingerprint density at radius 1 is 1.19 bits per heavy atom. The second-order valence-electron chi connectivity index (χ2n) is 4.82. The molecule has 0 fully saturated rings. The molecule has 0 atom stereocenters. The highest BCUT2D eigenvalue weighted by Gasteiger charge is 2.11. The van der Waals surface area contributed by atoms with Gasteiger partial charge in [-0.2, -0.15) is 0 Å². The van der Waals surface area contributed by atoms with Crippen LogP contribution in [0.5, 0.6) is 5.75 Å². The van der Waals surface area contributed by atoms with Crippen LogP contribution in [0.15, 0.2) is 54.6 Å². The third kappa shape index (κ3) is 3.72. The fourth-order valence-electron chi connectivity index (χ4n) is 2.15. The molecule has 0 aliphatic heterocycles. The fourth-order valence-corrected chi connectivity index (χ4v) is 2.15. The second kappa shape index (κ2) is 6.75. The van der Waals surface area contributed by atoms with Crippen LogP contribution in [0.3, 0.4) is 0 Å². The quantitative estimate of drug-likeness (QED) is 0.853. The first-order valence-electron chi connectivity index (χ1n) is 6.85. The van der Waals surface area contributed by atoms with Crippen molar-refractivity contribution < 1.29 is 9.53 Å². The zero-order chi connectivity index (χ0) is 15.2. The highest BCUT2D eigenvalue weighted by Crippen LogP contribution is 2.24. The summed E-state index contributed by atoms with van der Waals surface area (Å²) in [7, 11) is 0. The summed E-state index contributed by atoms with van der Waals surface area (Å²) in [4.78, 5) is 11.5. The van der Waals surface area contributed by atoms with E-state index in [0.29, 0.717) is 12.2 Å². The summed E-state index contributed by atoms with van der Waals surface area (Å²) >= 11 is 0. The van der Waals surface area contributed by atoms with Crippen LogP contribution in [0.4, 0.5) is 0 Å². The molecule has 0 spiro atoms. The standard InChI is InChI=1S/C18H19NO2/c1-3-16(18(19)20)17-11-15(10-9-13(17)2)21-12-14-7-5-4-6-8-14/h3-11H,12H2,1-2H3,(H2,19,20)/b16-3+. The Hall–Kier alpha value is -2.55. The van der Waals surface area contributed by atoms with Gasteiger partial charge >= 0.3 is 0 Å². The number of rotatable bonds is 5. The number of carbonyl (C=O) groups is 1. The Morgan fingerprint density at radius 3 is 2.52 bits per heavy atom. The molecular formula is C18H19NO2. The van der Waals surface area contributed by atoms with E-state index in [1.165, 1.54) is 0 Å². The Kier molecular flexibility index (Phi) is 4.77. The fraction of sp³-hybridized carbons (Fsp3) is 0.167. The van der Waals surface area contributed by atoms with Crippen LogP contribution < -0.4 is 10.5 Å². The number of amides is 1. The van der Waals surface area contributed by atoms with Gasteiger partial charge in [-0.25, -0.2) is 0 Å². The van der Waals surface area contributed by atoms with Crippen molar-refractivity contribution in [3.63, 3.8) is 0 Å². The highest BCUT2D eigenvalue weighted by molar-refractivity contribution is 6.19. The molecule has 0 heterocycles. The van der Waals surface area contributed by atoms with Crippen molar-refractivity contribution in [1.82, 2.24) is 0 Å². The molecule has 0 aliphatic carbocycles. The molecular weight excluding hydrogens is 262 g/mol. The van der Waals surface area contributed by atoms with E-state index in [1.54, 1.807) is 13.0 Å². The van der Waals surface area contributed by atoms with Crippen molar-refractivity contribution in [3.8, 4) is 5.75 Å². The predicted molar refractivity (Wildman–Crippen MR) is 84.8 cm³/mol. The van der Waals surface area contributed by atoms with E-state index in [1.807, 2.05) is 55.5 Å². The molecule has 21 heavy (non-hydrogen) atoms. The number of carbonyl (C=O) groups excluding carboxylic acids is 1. The van der Waals surface area contributed by atoms with Gasteiger partial charge in [0.2, 0.25) is 5.91 Å². The van der Waals surface area contributed by atoms with E-state index >= 15 is 0 Å². The molecule has 0 radical (unpaired) electrons. The van der Waals surface area contributed by atoms with Gasteiger partial charge in [-0.15, -0.1) is 0 Å². The van der Waals surface area contributed by atoms with Crippen LogP contribution in [0.1, 0.15) is 23.6 Å². The van der Waals surface area contributed by atoms with Gasteiger partial charge in [-0.05, 0) is 42.7 Å². The summed E-state index contributed by atoms with van der Waals surface area (Å²) in [5, 5.41) is 0. The predicted octanol–water partition coefficient (Wildman–Crippen LogP) is 3.46. The van der Waals surface area contributed by atoms with Crippen molar-refractivity contribution in [2.45, 2.75) is 20.5 Å². The van der Waals surface area contributed by atoms with Gasteiger partial charge < -0.3 is 10.5 Å². The lowest BCUT2D eigenvalue weighted by Gasteiger charge is -2.11. The largest absolute Gasteiger partial charge is 0.489 e. The maximum absolute atomic E-state index is 11.5. The average molecular weight is 281 g/mol. The zero-order valence-electron chi connectivity index (χ0n) is 12.3. The number of allylic oxidation sites excluding steroid dienone is 1. The Bertz CT molecular complexity index is 660. The van der Waals surface area contributed by atoms with Crippen LogP contribution in [0, 0.1) is 6.92 Å². The van der Waals surface area contributed by atoms with E-state index in [4.69, 9.17) is 10.5 Å². The average Bonchev–Trinajstić information content (AvgIpc) is 2.49. The van der Waals surface area contributed by atoms with Gasteiger partial charge in [-0.1, -0.05) is 42.5 Å². The lowest BCUT2D eigenvalue weighted by Crippen LogP contribution is -2.13. The first-order valence-corrected chi connectivity index (χ1v) is 6.85. The topological polar surface area (TPSA) is 52.3 Å². The molecule has 0 aliphatic rings. The monoisotopic (exact) mass is 281 g/mol. The van der Waals surface area contributed by atoms with Gasteiger partial charge in [0.1, 0.15) is 12.4 Å². The van der Waals surface area contributed by atoms with Gasteiger partial charge in [-0.3, -0.25) is 4.79 Å². The van der Waals surface area contributed by atoms with Crippen molar-refractivity contribution in [2.75, 3.05) is 0 Å². The Balaban J connectivity index is 2.21. The maximum atomic E-state index is 11.5. The van der Waals surface area contributed by atoms with Crippen molar-refractivity contribution in [1.29, 1.82) is 0 Å². The zero-order valence-corrected chi connectivity index (χ0v) is 12.3. The van der Waals surface area contributed by atoms with Crippen LogP contribution in [0.2, 0.25) is 0 Å². The third-order valence-electron chi connectivity index (χ3n) is 3.30. The van der Waals surface area contributed by atoms with E-state index in [9.17, 15) is 4.79 Å². The molecule has 0 saturated heterocycles. The van der Waals surface area contributed by atoms with Crippen LogP contribution >= 0.6 is 0 Å². The van der Waals surface area contributed by atoms with Gasteiger partial charge in [0.05, 0.1) is 0 Å². The minimum absolute atomic E-state index is 0.430. The summed E-state index contributed by atoms with van der Waals surface area (Å²) in [5.74, 6) is 0.292. The first kappa shape index (κ1) is 14.9. The smallest absolute Gasteiger partial charge is 0.248 e. The number of nitrogens with two attached hydrogens (primary N) is 1. The molecule has 2 rings (SSSR count). The van der Waals surface area contributed by atoms with Crippen LogP contribution in [-0.2, 0) is 11.4 Å². The minimum Gasteiger partial charge on any atom is -0.489 e. The normalized spacial score (nSPS) is 11.2. The van der Waals surface area contributed by atoms with Gasteiger partial charge in [0.15, 0.2) is 0 Å². The number of aryl methyl sites for hydroxylation is 1. The maximum Gasteiger partial charge on any atom is 0.248 e. The third-order valence-corrected chi connectivity index (χ3v) is 3.30. The lowest BCUT2D eigenvalue weighted by molar-refractivity contribution is -0.112. The van der Waals surface area contributed by atoms with Crippen molar-refractivity contribution in [2.24, 2.45) is 5.73 Å². The molecule has 3 heteroatoms. The van der Waals surface area contributed by atoms with Crippen LogP contribution in [-0.4, -0.2) is 5.91 Å².